The molecule has 0 saturated carbocycles. The van der Waals surface area contributed by atoms with Crippen LogP contribution < -0.4 is 14.8 Å². The molecular formula is C21H22F3NO5. The van der Waals surface area contributed by atoms with Gasteiger partial charge >= 0.3 is 12.3 Å². The second-order valence-electron chi connectivity index (χ2n) is 6.55. The van der Waals surface area contributed by atoms with Gasteiger partial charge in [0.15, 0.2) is 0 Å². The summed E-state index contributed by atoms with van der Waals surface area (Å²) in [6.45, 7) is 1.90. The topological polar surface area (TPSA) is 84.9 Å². The van der Waals surface area contributed by atoms with Gasteiger partial charge < -0.3 is 19.9 Å². The standard InChI is InChI=1S/C21H22F3NO5/c1-3-14(20(27)28)10-13-4-9-18(29-2)16(11-13)12-25-19(26)15-5-7-17(8-6-15)30-21(22,23)24/h4-9,11,14H,3,10,12H2,1-2H3,(H,25,26)(H,27,28). The van der Waals surface area contributed by atoms with Crippen molar-refractivity contribution in [1.82, 2.24) is 5.32 Å². The average Bonchev–Trinajstić information content (AvgIpc) is 2.69. The van der Waals surface area contributed by atoms with Gasteiger partial charge in [0.05, 0.1) is 13.0 Å². The summed E-state index contributed by atoms with van der Waals surface area (Å²) in [5.74, 6) is -1.77. The number of aliphatic carboxylic acids is 1. The monoisotopic (exact) mass is 425 g/mol. The van der Waals surface area contributed by atoms with Gasteiger partial charge in [-0.25, -0.2) is 0 Å². The van der Waals surface area contributed by atoms with E-state index in [2.05, 4.69) is 10.1 Å². The second-order valence-corrected chi connectivity index (χ2v) is 6.55. The third kappa shape index (κ3) is 6.68. The van der Waals surface area contributed by atoms with Crippen molar-refractivity contribution < 1.29 is 37.3 Å². The van der Waals surface area contributed by atoms with Crippen LogP contribution in [0.25, 0.3) is 0 Å². The third-order valence-corrected chi connectivity index (χ3v) is 4.46. The minimum absolute atomic E-state index is 0.0977. The highest BCUT2D eigenvalue weighted by Gasteiger charge is 2.31. The highest BCUT2D eigenvalue weighted by atomic mass is 19.4. The molecule has 1 unspecified atom stereocenters. The number of carbonyl (C=O) groups is 2. The van der Waals surface area contributed by atoms with E-state index in [1.54, 1.807) is 25.1 Å². The largest absolute Gasteiger partial charge is 0.573 e. The molecule has 0 aliphatic carbocycles. The number of nitrogens with one attached hydrogen (secondary N) is 1. The number of rotatable bonds is 9. The number of halogens is 3. The van der Waals surface area contributed by atoms with Crippen molar-refractivity contribution >= 4 is 11.9 Å². The summed E-state index contributed by atoms with van der Waals surface area (Å²) in [6, 6.07) is 9.81. The molecule has 0 aromatic heterocycles. The maximum absolute atomic E-state index is 12.3. The Morgan fingerprint density at radius 3 is 2.33 bits per heavy atom. The van der Waals surface area contributed by atoms with Crippen LogP contribution in [-0.2, 0) is 17.8 Å². The van der Waals surface area contributed by atoms with Crippen LogP contribution in [0, 0.1) is 5.92 Å². The summed E-state index contributed by atoms with van der Waals surface area (Å²) >= 11 is 0. The summed E-state index contributed by atoms with van der Waals surface area (Å²) < 4.78 is 45.7. The number of ether oxygens (including phenoxy) is 2. The summed E-state index contributed by atoms with van der Waals surface area (Å²) in [7, 11) is 1.48. The maximum Gasteiger partial charge on any atom is 0.573 e. The Hall–Kier alpha value is -3.23. The average molecular weight is 425 g/mol. The summed E-state index contributed by atoms with van der Waals surface area (Å²) in [4.78, 5) is 23.6. The van der Waals surface area contributed by atoms with Gasteiger partial charge in [-0.15, -0.1) is 13.2 Å². The number of hydrogen-bond acceptors (Lipinski definition) is 4. The summed E-state index contributed by atoms with van der Waals surface area (Å²) in [6.07, 6.45) is -3.97. The first-order valence-electron chi connectivity index (χ1n) is 9.15. The molecule has 0 saturated heterocycles. The van der Waals surface area contributed by atoms with E-state index in [9.17, 15) is 27.9 Å². The molecule has 0 aliphatic heterocycles. The first kappa shape index (κ1) is 23.1. The van der Waals surface area contributed by atoms with Crippen LogP contribution in [0.5, 0.6) is 11.5 Å². The van der Waals surface area contributed by atoms with Crippen molar-refractivity contribution in [3.8, 4) is 11.5 Å². The first-order valence-corrected chi connectivity index (χ1v) is 9.15. The van der Waals surface area contributed by atoms with Gasteiger partial charge in [0.25, 0.3) is 5.91 Å². The zero-order valence-electron chi connectivity index (χ0n) is 16.5. The van der Waals surface area contributed by atoms with E-state index in [1.165, 1.54) is 19.2 Å². The van der Waals surface area contributed by atoms with E-state index >= 15 is 0 Å². The molecular weight excluding hydrogens is 403 g/mol. The van der Waals surface area contributed by atoms with Crippen molar-refractivity contribution in [2.24, 2.45) is 5.92 Å². The van der Waals surface area contributed by atoms with E-state index in [1.807, 2.05) is 0 Å². The molecule has 1 amide bonds. The van der Waals surface area contributed by atoms with Crippen molar-refractivity contribution in [3.05, 3.63) is 59.2 Å². The lowest BCUT2D eigenvalue weighted by molar-refractivity contribution is -0.274. The molecule has 0 aliphatic rings. The van der Waals surface area contributed by atoms with Crippen LogP contribution in [0.15, 0.2) is 42.5 Å². The molecule has 6 nitrogen and oxygen atoms in total. The fraction of sp³-hybridized carbons (Fsp3) is 0.333. The number of alkyl halides is 3. The maximum atomic E-state index is 12.3. The molecule has 9 heteroatoms. The van der Waals surface area contributed by atoms with Gasteiger partial charge in [-0.3, -0.25) is 9.59 Å². The Morgan fingerprint density at radius 1 is 1.13 bits per heavy atom. The van der Waals surface area contributed by atoms with Crippen LogP contribution in [0.3, 0.4) is 0 Å². The first-order chi connectivity index (χ1) is 14.1. The van der Waals surface area contributed by atoms with Crippen LogP contribution in [0.1, 0.15) is 34.8 Å². The normalized spacial score (nSPS) is 12.2. The van der Waals surface area contributed by atoms with Crippen LogP contribution >= 0.6 is 0 Å². The van der Waals surface area contributed by atoms with Gasteiger partial charge in [-0.2, -0.15) is 0 Å². The van der Waals surface area contributed by atoms with E-state index in [-0.39, 0.29) is 12.1 Å². The molecule has 0 radical (unpaired) electrons. The van der Waals surface area contributed by atoms with Crippen LogP contribution in [-0.4, -0.2) is 30.5 Å². The van der Waals surface area contributed by atoms with Crippen LogP contribution in [0.4, 0.5) is 13.2 Å². The van der Waals surface area contributed by atoms with Crippen molar-refractivity contribution in [2.45, 2.75) is 32.7 Å². The number of amides is 1. The quantitative estimate of drug-likeness (QED) is 0.630. The molecule has 2 aromatic carbocycles. The minimum Gasteiger partial charge on any atom is -0.496 e. The van der Waals surface area contributed by atoms with E-state index < -0.39 is 29.9 Å². The Bertz CT molecular complexity index is 881. The van der Waals surface area contributed by atoms with E-state index in [0.717, 1.165) is 17.7 Å². The lowest BCUT2D eigenvalue weighted by atomic mass is 9.95. The predicted molar refractivity (Wildman–Crippen MR) is 102 cm³/mol. The van der Waals surface area contributed by atoms with Crippen molar-refractivity contribution in [3.63, 3.8) is 0 Å². The number of hydrogen-bond donors (Lipinski definition) is 2. The Morgan fingerprint density at radius 2 is 1.80 bits per heavy atom. The fourth-order valence-electron chi connectivity index (χ4n) is 2.87. The highest BCUT2D eigenvalue weighted by molar-refractivity contribution is 5.94. The zero-order valence-corrected chi connectivity index (χ0v) is 16.5. The molecule has 0 fully saturated rings. The van der Waals surface area contributed by atoms with Crippen molar-refractivity contribution in [1.29, 1.82) is 0 Å². The van der Waals surface area contributed by atoms with Crippen molar-refractivity contribution in [2.75, 3.05) is 7.11 Å². The SMILES string of the molecule is CCC(Cc1ccc(OC)c(CNC(=O)c2ccc(OC(F)(F)F)cc2)c1)C(=O)O. The van der Waals surface area contributed by atoms with Gasteiger partial charge in [-0.1, -0.05) is 19.1 Å². The number of carbonyl (C=O) groups excluding carboxylic acids is 1. The van der Waals surface area contributed by atoms with Crippen LogP contribution in [0.2, 0.25) is 0 Å². The molecule has 30 heavy (non-hydrogen) atoms. The molecule has 0 heterocycles. The highest BCUT2D eigenvalue weighted by Crippen LogP contribution is 2.24. The minimum atomic E-state index is -4.80. The Balaban J connectivity index is 2.07. The number of methoxy groups -OCH3 is 1. The van der Waals surface area contributed by atoms with Gasteiger partial charge in [0.1, 0.15) is 11.5 Å². The molecule has 162 valence electrons. The van der Waals surface area contributed by atoms with Gasteiger partial charge in [0, 0.05) is 17.7 Å². The lowest BCUT2D eigenvalue weighted by Crippen LogP contribution is -2.23. The molecule has 0 bridgehead atoms. The zero-order chi connectivity index (χ0) is 22.3. The fourth-order valence-corrected chi connectivity index (χ4v) is 2.87. The van der Waals surface area contributed by atoms with E-state index in [0.29, 0.717) is 24.2 Å². The summed E-state index contributed by atoms with van der Waals surface area (Å²) in [5.41, 5.74) is 1.61. The van der Waals surface area contributed by atoms with E-state index in [4.69, 9.17) is 4.74 Å². The second kappa shape index (κ2) is 10.00. The molecule has 2 rings (SSSR count). The van der Waals surface area contributed by atoms with Gasteiger partial charge in [-0.05, 0) is 48.7 Å². The number of benzene rings is 2. The molecule has 1 atom stereocenters. The predicted octanol–water partition coefficient (Wildman–Crippen LogP) is 4.18. The Kier molecular flexibility index (Phi) is 7.68. The molecule has 2 aromatic rings. The Labute approximate surface area is 171 Å². The molecule has 0 spiro atoms. The lowest BCUT2D eigenvalue weighted by Gasteiger charge is -2.14. The summed E-state index contributed by atoms with van der Waals surface area (Å²) in [5, 5.41) is 11.9. The smallest absolute Gasteiger partial charge is 0.496 e. The number of carboxylic acids is 1. The molecule has 2 N–H and O–H groups in total. The third-order valence-electron chi connectivity index (χ3n) is 4.46. The van der Waals surface area contributed by atoms with Gasteiger partial charge in [0.2, 0.25) is 0 Å². The number of carboxylic acid groups (broad SMARTS) is 1.